The quantitative estimate of drug-likeness (QED) is 0.384. The van der Waals surface area contributed by atoms with E-state index < -0.39 is 23.2 Å². The van der Waals surface area contributed by atoms with Crippen LogP contribution in [-0.4, -0.2) is 29.4 Å². The Labute approximate surface area is 173 Å². The van der Waals surface area contributed by atoms with Crippen molar-refractivity contribution in [1.29, 1.82) is 0 Å². The number of benzene rings is 2. The predicted molar refractivity (Wildman–Crippen MR) is 109 cm³/mol. The van der Waals surface area contributed by atoms with Crippen LogP contribution >= 0.6 is 11.6 Å². The summed E-state index contributed by atoms with van der Waals surface area (Å²) in [7, 11) is 0. The summed E-state index contributed by atoms with van der Waals surface area (Å²) in [6, 6.07) is 13.0. The molecule has 0 saturated heterocycles. The fourth-order valence-corrected chi connectivity index (χ4v) is 3.76. The summed E-state index contributed by atoms with van der Waals surface area (Å²) in [4.78, 5) is 37.5. The van der Waals surface area contributed by atoms with Crippen LogP contribution < -0.4 is 4.90 Å². The highest BCUT2D eigenvalue weighted by Crippen LogP contribution is 2.28. The van der Waals surface area contributed by atoms with Crippen molar-refractivity contribution in [1.82, 2.24) is 0 Å². The van der Waals surface area contributed by atoms with E-state index in [9.17, 15) is 19.7 Å². The van der Waals surface area contributed by atoms with Gasteiger partial charge >= 0.3 is 5.97 Å². The van der Waals surface area contributed by atoms with Crippen LogP contribution in [0.5, 0.6) is 0 Å². The number of hydrogen-bond acceptors (Lipinski definition) is 5. The van der Waals surface area contributed by atoms with Crippen LogP contribution in [-0.2, 0) is 9.53 Å². The van der Waals surface area contributed by atoms with Gasteiger partial charge in [0, 0.05) is 22.8 Å². The number of nitro groups is 1. The number of ether oxygens (including phenoxy) is 1. The molecular formula is C21H21ClN2O5. The van der Waals surface area contributed by atoms with Crippen molar-refractivity contribution in [2.75, 3.05) is 11.5 Å². The summed E-state index contributed by atoms with van der Waals surface area (Å²) in [6.45, 7) is -0.496. The monoisotopic (exact) mass is 416 g/mol. The topological polar surface area (TPSA) is 89.8 Å². The molecule has 0 bridgehead atoms. The molecule has 2 aromatic carbocycles. The Bertz CT molecular complexity index is 897. The number of carbonyl (C=O) groups is 2. The number of halogens is 1. The fourth-order valence-electron chi connectivity index (χ4n) is 3.59. The minimum Gasteiger partial charge on any atom is -0.452 e. The van der Waals surface area contributed by atoms with Gasteiger partial charge in [0.1, 0.15) is 5.56 Å². The van der Waals surface area contributed by atoms with Crippen molar-refractivity contribution in [2.24, 2.45) is 0 Å². The summed E-state index contributed by atoms with van der Waals surface area (Å²) in [5.74, 6) is -1.29. The van der Waals surface area contributed by atoms with Crippen molar-refractivity contribution in [3.05, 3.63) is 69.2 Å². The van der Waals surface area contributed by atoms with Gasteiger partial charge in [0.05, 0.1) is 4.92 Å². The van der Waals surface area contributed by atoms with Gasteiger partial charge in [-0.05, 0) is 37.1 Å². The number of nitro benzene ring substituents is 1. The summed E-state index contributed by atoms with van der Waals surface area (Å²) >= 11 is 5.77. The maximum atomic E-state index is 12.9. The number of anilines is 1. The Morgan fingerprint density at radius 2 is 1.79 bits per heavy atom. The minimum absolute atomic E-state index is 0.0437. The molecule has 2 aromatic rings. The van der Waals surface area contributed by atoms with Crippen LogP contribution in [0.2, 0.25) is 5.02 Å². The van der Waals surface area contributed by atoms with E-state index in [0.29, 0.717) is 0 Å². The first kappa shape index (κ1) is 20.8. The molecule has 1 fully saturated rings. The third-order valence-corrected chi connectivity index (χ3v) is 5.18. The third-order valence-electron chi connectivity index (χ3n) is 4.95. The molecule has 3 rings (SSSR count). The lowest BCUT2D eigenvalue weighted by atomic mass is 9.93. The van der Waals surface area contributed by atoms with Gasteiger partial charge in [-0.1, -0.05) is 49.1 Å². The zero-order chi connectivity index (χ0) is 20.8. The molecule has 1 saturated carbocycles. The second kappa shape index (κ2) is 9.52. The average molecular weight is 417 g/mol. The molecule has 1 amide bonds. The molecule has 0 spiro atoms. The number of esters is 1. The Morgan fingerprint density at radius 3 is 2.45 bits per heavy atom. The van der Waals surface area contributed by atoms with Crippen LogP contribution in [0.25, 0.3) is 0 Å². The van der Waals surface area contributed by atoms with E-state index in [1.54, 1.807) is 4.90 Å². The highest BCUT2D eigenvalue weighted by molar-refractivity contribution is 6.31. The SMILES string of the molecule is O=C(OCC(=O)N(c1ccccc1)C1CCCCC1)c1ccc(Cl)cc1[N+](=O)[O-]. The van der Waals surface area contributed by atoms with E-state index in [2.05, 4.69) is 0 Å². The number of nitrogens with zero attached hydrogens (tertiary/aromatic N) is 2. The highest BCUT2D eigenvalue weighted by atomic mass is 35.5. The van der Waals surface area contributed by atoms with Crippen molar-refractivity contribution in [2.45, 2.75) is 38.1 Å². The molecule has 8 heteroatoms. The molecule has 0 heterocycles. The van der Waals surface area contributed by atoms with Gasteiger partial charge in [0.15, 0.2) is 6.61 Å². The van der Waals surface area contributed by atoms with Crippen molar-refractivity contribution in [3.63, 3.8) is 0 Å². The van der Waals surface area contributed by atoms with E-state index in [1.165, 1.54) is 12.1 Å². The average Bonchev–Trinajstić information content (AvgIpc) is 2.73. The Hall–Kier alpha value is -2.93. The molecule has 0 atom stereocenters. The second-order valence-electron chi connectivity index (χ2n) is 6.89. The first-order valence-corrected chi connectivity index (χ1v) is 9.83. The molecule has 0 unspecified atom stereocenters. The van der Waals surface area contributed by atoms with E-state index in [1.807, 2.05) is 30.3 Å². The normalized spacial score (nSPS) is 14.2. The lowest BCUT2D eigenvalue weighted by Crippen LogP contribution is -2.43. The van der Waals surface area contributed by atoms with Crippen LogP contribution in [0.3, 0.4) is 0 Å². The summed E-state index contributed by atoms with van der Waals surface area (Å²) in [6.07, 6.45) is 4.99. The highest BCUT2D eigenvalue weighted by Gasteiger charge is 2.28. The smallest absolute Gasteiger partial charge is 0.345 e. The number of amides is 1. The van der Waals surface area contributed by atoms with Crippen LogP contribution in [0.15, 0.2) is 48.5 Å². The number of carbonyl (C=O) groups excluding carboxylic acids is 2. The van der Waals surface area contributed by atoms with Gasteiger partial charge in [0.25, 0.3) is 11.6 Å². The number of hydrogen-bond donors (Lipinski definition) is 0. The maximum absolute atomic E-state index is 12.9. The molecule has 1 aliphatic carbocycles. The van der Waals surface area contributed by atoms with Gasteiger partial charge < -0.3 is 9.64 Å². The molecule has 0 radical (unpaired) electrons. The van der Waals surface area contributed by atoms with E-state index >= 15 is 0 Å². The first-order chi connectivity index (χ1) is 14.0. The van der Waals surface area contributed by atoms with Crippen LogP contribution in [0.1, 0.15) is 42.5 Å². The largest absolute Gasteiger partial charge is 0.452 e. The van der Waals surface area contributed by atoms with E-state index in [4.69, 9.17) is 16.3 Å². The zero-order valence-corrected chi connectivity index (χ0v) is 16.5. The van der Waals surface area contributed by atoms with Crippen molar-refractivity contribution < 1.29 is 19.2 Å². The van der Waals surface area contributed by atoms with E-state index in [-0.39, 0.29) is 22.5 Å². The van der Waals surface area contributed by atoms with Gasteiger partial charge in [-0.2, -0.15) is 0 Å². The van der Waals surface area contributed by atoms with Crippen LogP contribution in [0.4, 0.5) is 11.4 Å². The van der Waals surface area contributed by atoms with Gasteiger partial charge in [-0.25, -0.2) is 4.79 Å². The molecule has 7 nitrogen and oxygen atoms in total. The molecular weight excluding hydrogens is 396 g/mol. The molecule has 152 valence electrons. The van der Waals surface area contributed by atoms with Gasteiger partial charge in [0.2, 0.25) is 0 Å². The number of para-hydroxylation sites is 1. The van der Waals surface area contributed by atoms with E-state index in [0.717, 1.165) is 43.9 Å². The summed E-state index contributed by atoms with van der Waals surface area (Å²) in [5, 5.41) is 11.3. The summed E-state index contributed by atoms with van der Waals surface area (Å²) < 4.78 is 5.14. The first-order valence-electron chi connectivity index (χ1n) is 9.45. The van der Waals surface area contributed by atoms with Crippen molar-refractivity contribution >= 4 is 34.9 Å². The fraction of sp³-hybridized carbons (Fsp3) is 0.333. The zero-order valence-electron chi connectivity index (χ0n) is 15.8. The Kier molecular flexibility index (Phi) is 6.82. The lowest BCUT2D eigenvalue weighted by Gasteiger charge is -2.34. The molecule has 1 aliphatic rings. The molecule has 0 N–H and O–H groups in total. The number of rotatable bonds is 6. The standard InChI is InChI=1S/C21H21ClN2O5/c22-15-11-12-18(19(13-15)24(27)28)21(26)29-14-20(25)23(16-7-3-1-4-8-16)17-9-5-2-6-10-17/h1,3-4,7-8,11-13,17H,2,5-6,9-10,14H2. The van der Waals surface area contributed by atoms with Crippen molar-refractivity contribution in [3.8, 4) is 0 Å². The second-order valence-corrected chi connectivity index (χ2v) is 7.32. The van der Waals surface area contributed by atoms with Crippen LogP contribution in [0, 0.1) is 10.1 Å². The maximum Gasteiger partial charge on any atom is 0.345 e. The molecule has 0 aliphatic heterocycles. The molecule has 29 heavy (non-hydrogen) atoms. The minimum atomic E-state index is -0.932. The van der Waals surface area contributed by atoms with Gasteiger partial charge in [-0.3, -0.25) is 14.9 Å². The predicted octanol–water partition coefficient (Wildman–Crippen LogP) is 4.77. The Balaban J connectivity index is 1.75. The third kappa shape index (κ3) is 5.12. The lowest BCUT2D eigenvalue weighted by molar-refractivity contribution is -0.385. The Morgan fingerprint density at radius 1 is 1.10 bits per heavy atom. The molecule has 0 aromatic heterocycles. The summed E-state index contributed by atoms with van der Waals surface area (Å²) in [5.41, 5.74) is 0.0520. The van der Waals surface area contributed by atoms with Gasteiger partial charge in [-0.15, -0.1) is 0 Å².